The Hall–Kier alpha value is -2.54. The van der Waals surface area contributed by atoms with Crippen LogP contribution in [-0.4, -0.2) is 44.7 Å². The summed E-state index contributed by atoms with van der Waals surface area (Å²) in [4.78, 5) is 25.0. The SMILES string of the molecule is Cc1nn(C)c(Cl)c1C=CC(=O)N1CCCN1C(=O)CCc1ccco1. The molecule has 0 saturated carbocycles. The summed E-state index contributed by atoms with van der Waals surface area (Å²) in [7, 11) is 1.74. The van der Waals surface area contributed by atoms with Crippen molar-refractivity contribution in [1.29, 1.82) is 0 Å². The maximum Gasteiger partial charge on any atom is 0.265 e. The van der Waals surface area contributed by atoms with E-state index in [0.29, 0.717) is 36.6 Å². The molecule has 2 aromatic heterocycles. The monoisotopic (exact) mass is 376 g/mol. The fraction of sp³-hybridized carbons (Fsp3) is 0.389. The zero-order valence-corrected chi connectivity index (χ0v) is 15.6. The minimum Gasteiger partial charge on any atom is -0.469 e. The maximum atomic E-state index is 12.6. The van der Waals surface area contributed by atoms with Crippen LogP contribution in [0.4, 0.5) is 0 Å². The largest absolute Gasteiger partial charge is 0.469 e. The zero-order valence-electron chi connectivity index (χ0n) is 14.8. The molecule has 0 radical (unpaired) electrons. The third-order valence-corrected chi connectivity index (χ3v) is 4.78. The van der Waals surface area contributed by atoms with E-state index in [2.05, 4.69) is 5.10 Å². The number of aromatic nitrogens is 2. The van der Waals surface area contributed by atoms with Gasteiger partial charge in [-0.05, 0) is 31.6 Å². The molecule has 0 aromatic carbocycles. The molecule has 2 amide bonds. The fourth-order valence-corrected chi connectivity index (χ4v) is 3.23. The third kappa shape index (κ3) is 3.83. The lowest BCUT2D eigenvalue weighted by Crippen LogP contribution is -2.44. The molecule has 1 aliphatic rings. The Kier molecular flexibility index (Phi) is 5.46. The van der Waals surface area contributed by atoms with E-state index in [0.717, 1.165) is 17.9 Å². The lowest BCUT2D eigenvalue weighted by atomic mass is 10.2. The van der Waals surface area contributed by atoms with Crippen molar-refractivity contribution in [3.63, 3.8) is 0 Å². The molecule has 0 N–H and O–H groups in total. The van der Waals surface area contributed by atoms with Crippen molar-refractivity contribution in [2.75, 3.05) is 13.1 Å². The standard InChI is InChI=1S/C18H21ClN4O3/c1-13-15(18(19)21(2)20-13)7-9-17(25)23-11-4-10-22(23)16(24)8-6-14-5-3-12-26-14/h3,5,7,9,12H,4,6,8,10-11H2,1-2H3. The van der Waals surface area contributed by atoms with E-state index >= 15 is 0 Å². The molecule has 0 atom stereocenters. The number of carbonyl (C=O) groups excluding carboxylic acids is 2. The number of hydrazine groups is 1. The Labute approximate surface area is 156 Å². The van der Waals surface area contributed by atoms with Crippen molar-refractivity contribution in [2.45, 2.75) is 26.2 Å². The van der Waals surface area contributed by atoms with Gasteiger partial charge in [-0.3, -0.25) is 19.3 Å². The molecule has 1 fully saturated rings. The van der Waals surface area contributed by atoms with E-state index in [9.17, 15) is 9.59 Å². The minimum atomic E-state index is -0.242. The van der Waals surface area contributed by atoms with Crippen LogP contribution >= 0.6 is 11.6 Å². The molecular formula is C18H21ClN4O3. The molecule has 3 rings (SSSR count). The van der Waals surface area contributed by atoms with Gasteiger partial charge in [-0.1, -0.05) is 11.6 Å². The molecule has 0 aliphatic carbocycles. The van der Waals surface area contributed by atoms with E-state index in [-0.39, 0.29) is 11.8 Å². The second kappa shape index (κ2) is 7.78. The molecule has 2 aromatic rings. The summed E-state index contributed by atoms with van der Waals surface area (Å²) in [5.41, 5.74) is 1.45. The smallest absolute Gasteiger partial charge is 0.265 e. The quantitative estimate of drug-likeness (QED) is 0.752. The van der Waals surface area contributed by atoms with Gasteiger partial charge in [0.2, 0.25) is 5.91 Å². The highest BCUT2D eigenvalue weighted by Crippen LogP contribution is 2.21. The Morgan fingerprint density at radius 2 is 2.12 bits per heavy atom. The number of halogens is 1. The van der Waals surface area contributed by atoms with Crippen LogP contribution < -0.4 is 0 Å². The van der Waals surface area contributed by atoms with Crippen LogP contribution in [0.5, 0.6) is 0 Å². The summed E-state index contributed by atoms with van der Waals surface area (Å²) < 4.78 is 6.81. The first-order valence-electron chi connectivity index (χ1n) is 8.48. The van der Waals surface area contributed by atoms with Crippen molar-refractivity contribution in [1.82, 2.24) is 19.8 Å². The zero-order chi connectivity index (χ0) is 18.7. The number of furan rings is 1. The van der Waals surface area contributed by atoms with E-state index in [4.69, 9.17) is 16.0 Å². The molecule has 3 heterocycles. The van der Waals surface area contributed by atoms with Gasteiger partial charge >= 0.3 is 0 Å². The van der Waals surface area contributed by atoms with Crippen LogP contribution in [0.25, 0.3) is 6.08 Å². The predicted molar refractivity (Wildman–Crippen MR) is 97.1 cm³/mol. The van der Waals surface area contributed by atoms with Gasteiger partial charge in [0.1, 0.15) is 10.9 Å². The van der Waals surface area contributed by atoms with Crippen LogP contribution in [0.15, 0.2) is 28.9 Å². The second-order valence-corrected chi connectivity index (χ2v) is 6.52. The van der Waals surface area contributed by atoms with E-state index in [1.54, 1.807) is 30.1 Å². The number of hydrogen-bond donors (Lipinski definition) is 0. The molecule has 0 unspecified atom stereocenters. The Morgan fingerprint density at radius 3 is 2.77 bits per heavy atom. The van der Waals surface area contributed by atoms with E-state index in [1.165, 1.54) is 16.1 Å². The topological polar surface area (TPSA) is 71.6 Å². The Balaban J connectivity index is 1.64. The van der Waals surface area contributed by atoms with Crippen molar-refractivity contribution in [3.05, 3.63) is 46.6 Å². The van der Waals surface area contributed by atoms with Crippen LogP contribution in [0.2, 0.25) is 5.15 Å². The number of aryl methyl sites for hydroxylation is 3. The number of rotatable bonds is 5. The van der Waals surface area contributed by atoms with Crippen LogP contribution in [0.3, 0.4) is 0 Å². The van der Waals surface area contributed by atoms with Gasteiger partial charge in [0.25, 0.3) is 5.91 Å². The molecule has 1 saturated heterocycles. The second-order valence-electron chi connectivity index (χ2n) is 6.16. The number of amides is 2. The summed E-state index contributed by atoms with van der Waals surface area (Å²) >= 11 is 6.18. The summed E-state index contributed by atoms with van der Waals surface area (Å²) in [6.45, 7) is 2.90. The summed E-state index contributed by atoms with van der Waals surface area (Å²) in [6.07, 6.45) is 6.25. The van der Waals surface area contributed by atoms with Gasteiger partial charge < -0.3 is 4.42 Å². The molecule has 8 heteroatoms. The summed E-state index contributed by atoms with van der Waals surface area (Å²) in [5, 5.41) is 7.69. The Bertz CT molecular complexity index is 826. The maximum absolute atomic E-state index is 12.6. The highest BCUT2D eigenvalue weighted by Gasteiger charge is 2.29. The van der Waals surface area contributed by atoms with Gasteiger partial charge in [-0.25, -0.2) is 5.01 Å². The van der Waals surface area contributed by atoms with Gasteiger partial charge in [0.15, 0.2) is 0 Å². The molecule has 1 aliphatic heterocycles. The van der Waals surface area contributed by atoms with Crippen LogP contribution in [0, 0.1) is 6.92 Å². The molecular weight excluding hydrogens is 356 g/mol. The molecule has 138 valence electrons. The van der Waals surface area contributed by atoms with Crippen molar-refractivity contribution < 1.29 is 14.0 Å². The number of hydrogen-bond acceptors (Lipinski definition) is 4. The lowest BCUT2D eigenvalue weighted by molar-refractivity contribution is -0.154. The molecule has 0 spiro atoms. The normalized spacial score (nSPS) is 14.6. The highest BCUT2D eigenvalue weighted by molar-refractivity contribution is 6.31. The van der Waals surface area contributed by atoms with Gasteiger partial charge in [-0.2, -0.15) is 5.10 Å². The predicted octanol–water partition coefficient (Wildman–Crippen LogP) is 2.60. The van der Waals surface area contributed by atoms with Gasteiger partial charge in [0.05, 0.1) is 12.0 Å². The molecule has 26 heavy (non-hydrogen) atoms. The van der Waals surface area contributed by atoms with Crippen molar-refractivity contribution in [2.24, 2.45) is 7.05 Å². The third-order valence-electron chi connectivity index (χ3n) is 4.33. The first kappa shape index (κ1) is 18.3. The van der Waals surface area contributed by atoms with Crippen LogP contribution in [-0.2, 0) is 23.1 Å². The fourth-order valence-electron chi connectivity index (χ4n) is 2.99. The summed E-state index contributed by atoms with van der Waals surface area (Å²) in [6, 6.07) is 3.63. The first-order valence-corrected chi connectivity index (χ1v) is 8.86. The van der Waals surface area contributed by atoms with Gasteiger partial charge in [-0.15, -0.1) is 0 Å². The lowest BCUT2D eigenvalue weighted by Gasteiger charge is -2.26. The van der Waals surface area contributed by atoms with Crippen molar-refractivity contribution >= 4 is 29.5 Å². The van der Waals surface area contributed by atoms with E-state index < -0.39 is 0 Å². The van der Waals surface area contributed by atoms with E-state index in [1.807, 2.05) is 13.0 Å². The number of carbonyl (C=O) groups is 2. The van der Waals surface area contributed by atoms with Gasteiger partial charge in [0, 0.05) is 44.6 Å². The first-order chi connectivity index (χ1) is 12.5. The van der Waals surface area contributed by atoms with Crippen molar-refractivity contribution in [3.8, 4) is 0 Å². The summed E-state index contributed by atoms with van der Waals surface area (Å²) in [5.74, 6) is 0.432. The average molecular weight is 377 g/mol. The molecule has 7 nitrogen and oxygen atoms in total. The minimum absolute atomic E-state index is 0.0868. The highest BCUT2D eigenvalue weighted by atomic mass is 35.5. The number of nitrogens with zero attached hydrogens (tertiary/aromatic N) is 4. The average Bonchev–Trinajstić information content (AvgIpc) is 3.34. The van der Waals surface area contributed by atoms with Crippen LogP contribution in [0.1, 0.15) is 29.9 Å². The Morgan fingerprint density at radius 1 is 1.35 bits per heavy atom. The molecule has 0 bridgehead atoms.